The first kappa shape index (κ1) is 7.56. The van der Waals surface area contributed by atoms with Crippen LogP contribution in [0, 0.1) is 17.3 Å². The Bertz CT molecular complexity index is 169. The van der Waals surface area contributed by atoms with Crippen LogP contribution in [0.2, 0.25) is 0 Å². The van der Waals surface area contributed by atoms with Crippen molar-refractivity contribution in [3.05, 3.63) is 0 Å². The van der Waals surface area contributed by atoms with E-state index in [-0.39, 0.29) is 18.1 Å². The van der Waals surface area contributed by atoms with Crippen LogP contribution in [0.3, 0.4) is 0 Å². The molecular weight excluding hydrogens is 140 g/mol. The number of aliphatic hydroxyl groups is 2. The molecule has 0 unspecified atom stereocenters. The van der Waals surface area contributed by atoms with Gasteiger partial charge >= 0.3 is 0 Å². The average Bonchev–Trinajstić information content (AvgIpc) is 2.44. The molecule has 11 heavy (non-hydrogen) atoms. The zero-order valence-electron chi connectivity index (χ0n) is 6.95. The molecule has 0 aliphatic heterocycles. The summed E-state index contributed by atoms with van der Waals surface area (Å²) in [6, 6.07) is 0. The van der Waals surface area contributed by atoms with Crippen LogP contribution in [-0.4, -0.2) is 22.9 Å². The molecule has 2 aliphatic carbocycles. The third kappa shape index (κ3) is 0.926. The van der Waals surface area contributed by atoms with Gasteiger partial charge in [-0.3, -0.25) is 0 Å². The van der Waals surface area contributed by atoms with Crippen LogP contribution in [0.1, 0.15) is 26.2 Å². The first-order valence-corrected chi connectivity index (χ1v) is 4.44. The average molecular weight is 156 g/mol. The van der Waals surface area contributed by atoms with E-state index in [1.54, 1.807) is 0 Å². The summed E-state index contributed by atoms with van der Waals surface area (Å²) >= 11 is 0. The molecule has 2 aliphatic rings. The van der Waals surface area contributed by atoms with Gasteiger partial charge in [0.25, 0.3) is 0 Å². The summed E-state index contributed by atoms with van der Waals surface area (Å²) < 4.78 is 0. The van der Waals surface area contributed by atoms with Crippen LogP contribution in [0.25, 0.3) is 0 Å². The molecular formula is C9H16O2. The molecule has 0 saturated heterocycles. The molecule has 2 bridgehead atoms. The van der Waals surface area contributed by atoms with Crippen molar-refractivity contribution in [2.24, 2.45) is 17.3 Å². The van der Waals surface area contributed by atoms with Gasteiger partial charge in [-0.05, 0) is 36.5 Å². The van der Waals surface area contributed by atoms with Crippen molar-refractivity contribution in [2.75, 3.05) is 6.61 Å². The molecule has 2 nitrogen and oxygen atoms in total. The fourth-order valence-corrected chi connectivity index (χ4v) is 3.03. The van der Waals surface area contributed by atoms with Crippen LogP contribution in [-0.2, 0) is 0 Å². The highest BCUT2D eigenvalue weighted by atomic mass is 16.3. The fraction of sp³-hybridized carbons (Fsp3) is 1.00. The summed E-state index contributed by atoms with van der Waals surface area (Å²) in [7, 11) is 0. The highest BCUT2D eigenvalue weighted by Gasteiger charge is 2.52. The third-order valence-corrected chi connectivity index (χ3v) is 3.64. The largest absolute Gasteiger partial charge is 0.396 e. The van der Waals surface area contributed by atoms with Gasteiger partial charge in [-0.25, -0.2) is 0 Å². The SMILES string of the molecule is C[C@]1(CO)C[C@H]2C[C@H](O)[C@@H]1C2. The molecule has 0 aromatic heterocycles. The molecule has 4 atom stereocenters. The zero-order valence-corrected chi connectivity index (χ0v) is 6.95. The zero-order chi connectivity index (χ0) is 8.06. The summed E-state index contributed by atoms with van der Waals surface area (Å²) in [5.41, 5.74) is 0.0301. The van der Waals surface area contributed by atoms with E-state index in [4.69, 9.17) is 5.11 Å². The van der Waals surface area contributed by atoms with Crippen molar-refractivity contribution in [2.45, 2.75) is 32.3 Å². The van der Waals surface area contributed by atoms with Crippen molar-refractivity contribution < 1.29 is 10.2 Å². The molecule has 2 fully saturated rings. The van der Waals surface area contributed by atoms with Crippen LogP contribution >= 0.6 is 0 Å². The summed E-state index contributed by atoms with van der Waals surface area (Å²) in [5, 5.41) is 18.7. The van der Waals surface area contributed by atoms with Crippen molar-refractivity contribution in [1.29, 1.82) is 0 Å². The lowest BCUT2D eigenvalue weighted by Crippen LogP contribution is -2.36. The van der Waals surface area contributed by atoms with Gasteiger partial charge in [0.15, 0.2) is 0 Å². The maximum atomic E-state index is 9.57. The smallest absolute Gasteiger partial charge is 0.0577 e. The Hall–Kier alpha value is -0.0800. The molecule has 0 aromatic rings. The number of aliphatic hydroxyl groups excluding tert-OH is 2. The van der Waals surface area contributed by atoms with Gasteiger partial charge < -0.3 is 10.2 Å². The number of hydrogen-bond acceptors (Lipinski definition) is 2. The van der Waals surface area contributed by atoms with E-state index in [1.807, 2.05) is 0 Å². The lowest BCUT2D eigenvalue weighted by atomic mass is 9.74. The Morgan fingerprint density at radius 3 is 2.55 bits per heavy atom. The van der Waals surface area contributed by atoms with Crippen molar-refractivity contribution in [3.8, 4) is 0 Å². The maximum Gasteiger partial charge on any atom is 0.0577 e. The van der Waals surface area contributed by atoms with E-state index in [1.165, 1.54) is 0 Å². The summed E-state index contributed by atoms with van der Waals surface area (Å²) in [6.45, 7) is 2.34. The lowest BCUT2D eigenvalue weighted by molar-refractivity contribution is -0.00151. The van der Waals surface area contributed by atoms with Crippen LogP contribution < -0.4 is 0 Å². The predicted octanol–water partition coefficient (Wildman–Crippen LogP) is 0.776. The molecule has 0 spiro atoms. The number of fused-ring (bicyclic) bond motifs is 2. The van der Waals surface area contributed by atoms with E-state index in [9.17, 15) is 5.11 Å². The summed E-state index contributed by atoms with van der Waals surface area (Å²) in [5.74, 6) is 1.06. The van der Waals surface area contributed by atoms with E-state index in [2.05, 4.69) is 6.92 Å². The second-order valence-electron chi connectivity index (χ2n) is 4.53. The van der Waals surface area contributed by atoms with Gasteiger partial charge in [-0.1, -0.05) is 6.92 Å². The Morgan fingerprint density at radius 2 is 2.18 bits per heavy atom. The molecule has 2 N–H and O–H groups in total. The summed E-state index contributed by atoms with van der Waals surface area (Å²) in [4.78, 5) is 0. The second-order valence-corrected chi connectivity index (χ2v) is 4.53. The summed E-state index contributed by atoms with van der Waals surface area (Å²) in [6.07, 6.45) is 3.09. The molecule has 64 valence electrons. The predicted molar refractivity (Wildman–Crippen MR) is 42.0 cm³/mol. The number of hydrogen-bond donors (Lipinski definition) is 2. The Morgan fingerprint density at radius 1 is 1.45 bits per heavy atom. The van der Waals surface area contributed by atoms with Gasteiger partial charge in [-0.15, -0.1) is 0 Å². The maximum absolute atomic E-state index is 9.57. The highest BCUT2D eigenvalue weighted by Crippen LogP contribution is 2.55. The van der Waals surface area contributed by atoms with Crippen LogP contribution in [0.4, 0.5) is 0 Å². The minimum absolute atomic E-state index is 0.0301. The van der Waals surface area contributed by atoms with Crippen molar-refractivity contribution in [1.82, 2.24) is 0 Å². The number of rotatable bonds is 1. The van der Waals surface area contributed by atoms with Crippen molar-refractivity contribution >= 4 is 0 Å². The Labute approximate surface area is 67.2 Å². The Kier molecular flexibility index (Phi) is 1.52. The molecule has 0 amide bonds. The molecule has 0 aromatic carbocycles. The minimum Gasteiger partial charge on any atom is -0.396 e. The van der Waals surface area contributed by atoms with Gasteiger partial charge in [-0.2, -0.15) is 0 Å². The van der Waals surface area contributed by atoms with E-state index in [0.717, 1.165) is 19.3 Å². The highest BCUT2D eigenvalue weighted by molar-refractivity contribution is 5.01. The lowest BCUT2D eigenvalue weighted by Gasteiger charge is -2.34. The first-order valence-electron chi connectivity index (χ1n) is 4.44. The quantitative estimate of drug-likeness (QED) is 0.589. The molecule has 2 heteroatoms. The minimum atomic E-state index is -0.133. The van der Waals surface area contributed by atoms with Gasteiger partial charge in [0.05, 0.1) is 6.10 Å². The Balaban J connectivity index is 2.18. The molecule has 2 saturated carbocycles. The van der Waals surface area contributed by atoms with Crippen LogP contribution in [0.15, 0.2) is 0 Å². The molecule has 0 heterocycles. The van der Waals surface area contributed by atoms with Crippen molar-refractivity contribution in [3.63, 3.8) is 0 Å². The van der Waals surface area contributed by atoms with Gasteiger partial charge in [0, 0.05) is 6.61 Å². The third-order valence-electron chi connectivity index (χ3n) is 3.64. The molecule has 0 radical (unpaired) electrons. The van der Waals surface area contributed by atoms with Crippen LogP contribution in [0.5, 0.6) is 0 Å². The van der Waals surface area contributed by atoms with E-state index < -0.39 is 0 Å². The first-order chi connectivity index (χ1) is 5.15. The topological polar surface area (TPSA) is 40.5 Å². The normalized spacial score (nSPS) is 55.4. The van der Waals surface area contributed by atoms with Gasteiger partial charge in [0.1, 0.15) is 0 Å². The molecule has 2 rings (SSSR count). The monoisotopic (exact) mass is 156 g/mol. The van der Waals surface area contributed by atoms with Gasteiger partial charge in [0.2, 0.25) is 0 Å². The van der Waals surface area contributed by atoms with E-state index >= 15 is 0 Å². The second kappa shape index (κ2) is 2.20. The standard InChI is InChI=1S/C9H16O2/c1-9(5-10)4-6-2-7(9)8(11)3-6/h6-8,10-11H,2-5H2,1H3/t6-,7+,8+,9-/m1/s1. The fourth-order valence-electron chi connectivity index (χ4n) is 3.03. The van der Waals surface area contributed by atoms with E-state index in [0.29, 0.717) is 11.8 Å².